The van der Waals surface area contributed by atoms with Crippen molar-refractivity contribution in [1.29, 1.82) is 0 Å². The van der Waals surface area contributed by atoms with E-state index < -0.39 is 5.97 Å². The number of nitrogens with zero attached hydrogens (tertiary/aromatic N) is 3. The summed E-state index contributed by atoms with van der Waals surface area (Å²) in [5.74, 6) is -1.16. The van der Waals surface area contributed by atoms with Gasteiger partial charge in [0.25, 0.3) is 5.91 Å². The van der Waals surface area contributed by atoms with Crippen molar-refractivity contribution in [2.75, 3.05) is 23.0 Å². The van der Waals surface area contributed by atoms with Crippen LogP contribution in [0.2, 0.25) is 0 Å². The summed E-state index contributed by atoms with van der Waals surface area (Å²) >= 11 is 2.33. The van der Waals surface area contributed by atoms with E-state index in [-0.39, 0.29) is 29.7 Å². The molecule has 0 unspecified atom stereocenters. The maximum absolute atomic E-state index is 12.9. The molecule has 0 aliphatic heterocycles. The predicted octanol–water partition coefficient (Wildman–Crippen LogP) is 4.14. The van der Waals surface area contributed by atoms with Crippen LogP contribution in [0.3, 0.4) is 0 Å². The molecule has 1 fully saturated rings. The Morgan fingerprint density at radius 2 is 1.97 bits per heavy atom. The Kier molecular flexibility index (Phi) is 7.09. The van der Waals surface area contributed by atoms with Gasteiger partial charge in [0, 0.05) is 11.7 Å². The van der Waals surface area contributed by atoms with E-state index in [9.17, 15) is 14.4 Å². The fourth-order valence-electron chi connectivity index (χ4n) is 3.21. The number of nitrogens with one attached hydrogen (secondary N) is 2. The number of thioether (sulfide) groups is 1. The van der Waals surface area contributed by atoms with Gasteiger partial charge in [-0.2, -0.15) is 0 Å². The molecule has 33 heavy (non-hydrogen) atoms. The molecule has 2 N–H and O–H groups in total. The number of anilines is 2. The van der Waals surface area contributed by atoms with Crippen LogP contribution in [0.5, 0.6) is 0 Å². The summed E-state index contributed by atoms with van der Waals surface area (Å²) in [6.07, 6.45) is 3.85. The molecular formula is C22H23N5O4S2. The number of para-hydroxylation sites is 1. The van der Waals surface area contributed by atoms with Crippen molar-refractivity contribution in [2.24, 2.45) is 0 Å². The Morgan fingerprint density at radius 3 is 2.67 bits per heavy atom. The highest BCUT2D eigenvalue weighted by Gasteiger charge is 2.28. The first-order chi connectivity index (χ1) is 16.0. The standard InChI is InChI=1S/C22H23N5O4S2/c1-3-31-21(30)17-13(2)18(19(29)24-14-7-5-4-6-8-14)33-20(17)25-16(28)11-32-22-26-23-12-27(22)15-9-10-15/h4-8,12,15H,3,9-11H2,1-2H3,(H,24,29)(H,25,28). The first kappa shape index (κ1) is 23.0. The van der Waals surface area contributed by atoms with E-state index in [4.69, 9.17) is 4.74 Å². The lowest BCUT2D eigenvalue weighted by Crippen LogP contribution is -2.17. The Labute approximate surface area is 198 Å². The Hall–Kier alpha value is -3.18. The molecule has 2 amide bonds. The van der Waals surface area contributed by atoms with Gasteiger partial charge in [-0.05, 0) is 44.4 Å². The second-order valence-electron chi connectivity index (χ2n) is 7.39. The number of carbonyl (C=O) groups is 3. The number of hydrogen-bond acceptors (Lipinski definition) is 8. The van der Waals surface area contributed by atoms with E-state index >= 15 is 0 Å². The fourth-order valence-corrected chi connectivity index (χ4v) is 5.10. The molecule has 9 nitrogen and oxygen atoms in total. The number of carbonyl (C=O) groups excluding carboxylic acids is 3. The van der Waals surface area contributed by atoms with Gasteiger partial charge in [0.15, 0.2) is 5.16 Å². The van der Waals surface area contributed by atoms with Crippen molar-refractivity contribution in [3.05, 3.63) is 52.7 Å². The third kappa shape index (κ3) is 5.42. The van der Waals surface area contributed by atoms with Gasteiger partial charge in [0.05, 0.1) is 22.8 Å². The Balaban J connectivity index is 1.50. The molecule has 172 valence electrons. The van der Waals surface area contributed by atoms with E-state index in [1.165, 1.54) is 11.8 Å². The maximum Gasteiger partial charge on any atom is 0.341 e. The van der Waals surface area contributed by atoms with Gasteiger partial charge in [-0.25, -0.2) is 4.79 Å². The highest BCUT2D eigenvalue weighted by Crippen LogP contribution is 2.37. The van der Waals surface area contributed by atoms with Crippen molar-refractivity contribution < 1.29 is 19.1 Å². The van der Waals surface area contributed by atoms with Crippen LogP contribution in [0.1, 0.15) is 51.4 Å². The number of amides is 2. The van der Waals surface area contributed by atoms with Crippen molar-refractivity contribution in [3.8, 4) is 0 Å². The average molecular weight is 486 g/mol. The van der Waals surface area contributed by atoms with Gasteiger partial charge >= 0.3 is 5.97 Å². The first-order valence-electron chi connectivity index (χ1n) is 10.5. The van der Waals surface area contributed by atoms with Gasteiger partial charge in [0.1, 0.15) is 11.3 Å². The molecule has 0 atom stereocenters. The molecule has 1 aliphatic carbocycles. The second kappa shape index (κ2) is 10.2. The summed E-state index contributed by atoms with van der Waals surface area (Å²) in [6, 6.07) is 9.43. The lowest BCUT2D eigenvalue weighted by atomic mass is 10.1. The van der Waals surface area contributed by atoms with E-state index in [0.717, 1.165) is 24.2 Å². The smallest absolute Gasteiger partial charge is 0.341 e. The minimum Gasteiger partial charge on any atom is -0.462 e. The molecule has 1 aromatic carbocycles. The molecule has 1 saturated carbocycles. The van der Waals surface area contributed by atoms with Gasteiger partial charge in [0.2, 0.25) is 5.91 Å². The highest BCUT2D eigenvalue weighted by atomic mass is 32.2. The van der Waals surface area contributed by atoms with Crippen molar-refractivity contribution in [3.63, 3.8) is 0 Å². The van der Waals surface area contributed by atoms with Gasteiger partial charge in [-0.1, -0.05) is 30.0 Å². The predicted molar refractivity (Wildman–Crippen MR) is 127 cm³/mol. The van der Waals surface area contributed by atoms with Crippen molar-refractivity contribution in [1.82, 2.24) is 14.8 Å². The maximum atomic E-state index is 12.9. The van der Waals surface area contributed by atoms with Crippen LogP contribution in [0, 0.1) is 6.92 Å². The molecule has 1 aliphatic rings. The van der Waals surface area contributed by atoms with Crippen LogP contribution < -0.4 is 10.6 Å². The summed E-state index contributed by atoms with van der Waals surface area (Å²) in [6.45, 7) is 3.55. The van der Waals surface area contributed by atoms with Crippen LogP contribution in [-0.4, -0.2) is 44.9 Å². The molecule has 11 heteroatoms. The van der Waals surface area contributed by atoms with E-state index in [1.54, 1.807) is 32.3 Å². The van der Waals surface area contributed by atoms with Gasteiger partial charge < -0.3 is 19.9 Å². The lowest BCUT2D eigenvalue weighted by Gasteiger charge is -2.07. The zero-order valence-electron chi connectivity index (χ0n) is 18.2. The number of benzene rings is 1. The molecule has 2 aromatic heterocycles. The summed E-state index contributed by atoms with van der Waals surface area (Å²) < 4.78 is 7.14. The minimum atomic E-state index is -0.582. The zero-order valence-corrected chi connectivity index (χ0v) is 19.8. The largest absolute Gasteiger partial charge is 0.462 e. The van der Waals surface area contributed by atoms with Crippen LogP contribution in [0.15, 0.2) is 41.8 Å². The molecule has 0 spiro atoms. The zero-order chi connectivity index (χ0) is 23.4. The molecule has 2 heterocycles. The first-order valence-corrected chi connectivity index (χ1v) is 12.3. The second-order valence-corrected chi connectivity index (χ2v) is 9.35. The van der Waals surface area contributed by atoms with Crippen molar-refractivity contribution >= 4 is 51.6 Å². The van der Waals surface area contributed by atoms with E-state index in [0.29, 0.717) is 32.3 Å². The number of aromatic nitrogens is 3. The average Bonchev–Trinajstić information content (AvgIpc) is 3.44. The number of ether oxygens (including phenoxy) is 1. The van der Waals surface area contributed by atoms with Crippen LogP contribution in [-0.2, 0) is 9.53 Å². The summed E-state index contributed by atoms with van der Waals surface area (Å²) in [7, 11) is 0. The summed E-state index contributed by atoms with van der Waals surface area (Å²) in [5, 5.41) is 14.6. The molecule has 0 saturated heterocycles. The lowest BCUT2D eigenvalue weighted by molar-refractivity contribution is -0.113. The quantitative estimate of drug-likeness (QED) is 0.346. The third-order valence-corrected chi connectivity index (χ3v) is 7.09. The summed E-state index contributed by atoms with van der Waals surface area (Å²) in [4.78, 5) is 38.5. The van der Waals surface area contributed by atoms with Crippen LogP contribution in [0.25, 0.3) is 0 Å². The van der Waals surface area contributed by atoms with Gasteiger partial charge in [-0.15, -0.1) is 21.5 Å². The van der Waals surface area contributed by atoms with E-state index in [2.05, 4.69) is 20.8 Å². The Morgan fingerprint density at radius 1 is 1.21 bits per heavy atom. The molecular weight excluding hydrogens is 462 g/mol. The highest BCUT2D eigenvalue weighted by molar-refractivity contribution is 7.99. The number of rotatable bonds is 9. The fraction of sp³-hybridized carbons (Fsp3) is 0.318. The number of thiophene rings is 1. The van der Waals surface area contributed by atoms with Crippen LogP contribution in [0.4, 0.5) is 10.7 Å². The monoisotopic (exact) mass is 485 g/mol. The Bertz CT molecular complexity index is 1170. The number of esters is 1. The molecule has 4 rings (SSSR count). The molecule has 0 bridgehead atoms. The molecule has 0 radical (unpaired) electrons. The van der Waals surface area contributed by atoms with Crippen LogP contribution >= 0.6 is 23.1 Å². The SMILES string of the molecule is CCOC(=O)c1c(NC(=O)CSc2nncn2C2CC2)sc(C(=O)Nc2ccccc2)c1C. The third-order valence-electron chi connectivity index (χ3n) is 4.93. The van der Waals surface area contributed by atoms with E-state index in [1.807, 2.05) is 22.8 Å². The van der Waals surface area contributed by atoms with Gasteiger partial charge in [-0.3, -0.25) is 9.59 Å². The van der Waals surface area contributed by atoms with Crippen molar-refractivity contribution in [2.45, 2.75) is 37.9 Å². The summed E-state index contributed by atoms with van der Waals surface area (Å²) in [5.41, 5.74) is 1.29. The topological polar surface area (TPSA) is 115 Å². The minimum absolute atomic E-state index is 0.0934. The number of hydrogen-bond donors (Lipinski definition) is 2. The normalized spacial score (nSPS) is 12.9. The molecule has 3 aromatic rings.